The molecule has 0 heterocycles. The summed E-state index contributed by atoms with van der Waals surface area (Å²) in [6.45, 7) is 4.73. The number of rotatable bonds is 3. The minimum Gasteiger partial charge on any atom is -0.354 e. The second-order valence-electron chi connectivity index (χ2n) is 1.42. The summed E-state index contributed by atoms with van der Waals surface area (Å²) >= 11 is 6.67. The van der Waals surface area contributed by atoms with E-state index in [1.54, 1.807) is 0 Å². The van der Waals surface area contributed by atoms with E-state index in [2.05, 4.69) is 31.9 Å². The van der Waals surface area contributed by atoms with Crippen molar-refractivity contribution in [3.63, 3.8) is 0 Å². The van der Waals surface area contributed by atoms with Crippen molar-refractivity contribution in [2.75, 3.05) is 6.61 Å². The predicted octanol–water partition coefficient (Wildman–Crippen LogP) is 2.88. The highest BCUT2D eigenvalue weighted by molar-refractivity contribution is 9.25. The molecule has 0 amide bonds. The van der Waals surface area contributed by atoms with Gasteiger partial charge in [0.15, 0.2) is 3.42 Å². The number of halogens is 2. The van der Waals surface area contributed by atoms with Crippen LogP contribution >= 0.6 is 31.9 Å². The zero-order chi connectivity index (χ0) is 6.62. The van der Waals surface area contributed by atoms with Crippen LogP contribution in [0.25, 0.3) is 0 Å². The molecule has 0 fully saturated rings. The van der Waals surface area contributed by atoms with Crippen LogP contribution in [0.1, 0.15) is 20.3 Å². The zero-order valence-corrected chi connectivity index (χ0v) is 8.25. The van der Waals surface area contributed by atoms with Crippen LogP contribution in [0.2, 0.25) is 0 Å². The van der Waals surface area contributed by atoms with Gasteiger partial charge in [0.05, 0.1) is 0 Å². The van der Waals surface area contributed by atoms with E-state index >= 15 is 0 Å². The Morgan fingerprint density at radius 1 is 1.38 bits per heavy atom. The molecule has 0 aromatic carbocycles. The highest BCUT2D eigenvalue weighted by Gasteiger charge is 2.18. The van der Waals surface area contributed by atoms with Crippen molar-refractivity contribution in [2.45, 2.75) is 23.7 Å². The van der Waals surface area contributed by atoms with Crippen molar-refractivity contribution < 1.29 is 4.74 Å². The Morgan fingerprint density at radius 3 is 2.00 bits per heavy atom. The molecule has 8 heavy (non-hydrogen) atoms. The minimum absolute atomic E-state index is 0.283. The van der Waals surface area contributed by atoms with Crippen molar-refractivity contribution in [3.8, 4) is 0 Å². The van der Waals surface area contributed by atoms with Gasteiger partial charge in [0.1, 0.15) is 0 Å². The molecule has 0 rings (SSSR count). The van der Waals surface area contributed by atoms with Crippen molar-refractivity contribution in [3.05, 3.63) is 0 Å². The van der Waals surface area contributed by atoms with Crippen molar-refractivity contribution in [2.24, 2.45) is 0 Å². The maximum Gasteiger partial charge on any atom is 0.177 e. The van der Waals surface area contributed by atoms with Gasteiger partial charge >= 0.3 is 0 Å². The lowest BCUT2D eigenvalue weighted by atomic mass is 10.5. The van der Waals surface area contributed by atoms with E-state index in [4.69, 9.17) is 4.74 Å². The first-order chi connectivity index (χ1) is 3.62. The fourth-order valence-corrected chi connectivity index (χ4v) is 0.771. The van der Waals surface area contributed by atoms with E-state index < -0.39 is 0 Å². The molecule has 0 bridgehead atoms. The van der Waals surface area contributed by atoms with E-state index in [0.717, 1.165) is 13.0 Å². The van der Waals surface area contributed by atoms with Crippen LogP contribution < -0.4 is 0 Å². The third kappa shape index (κ3) is 3.87. The fraction of sp³-hybridized carbons (Fsp3) is 1.00. The van der Waals surface area contributed by atoms with Gasteiger partial charge in [0.2, 0.25) is 0 Å². The first-order valence-corrected chi connectivity index (χ1v) is 4.22. The molecular weight excluding hydrogens is 236 g/mol. The average molecular weight is 246 g/mol. The molecule has 0 atom stereocenters. The van der Waals surface area contributed by atoms with E-state index in [-0.39, 0.29) is 3.42 Å². The Morgan fingerprint density at radius 2 is 1.88 bits per heavy atom. The molecule has 0 spiro atoms. The van der Waals surface area contributed by atoms with Crippen molar-refractivity contribution >= 4 is 31.9 Å². The summed E-state index contributed by atoms with van der Waals surface area (Å²) in [4.78, 5) is 0. The summed E-state index contributed by atoms with van der Waals surface area (Å²) in [6.07, 6.45) is 0.918. The lowest BCUT2D eigenvalue weighted by Crippen LogP contribution is -2.13. The SMILES string of the molecule is CCOC(Br)(Br)CC. The lowest BCUT2D eigenvalue weighted by Gasteiger charge is -2.16. The van der Waals surface area contributed by atoms with Crippen LogP contribution in [0.3, 0.4) is 0 Å². The Kier molecular flexibility index (Phi) is 4.30. The summed E-state index contributed by atoms with van der Waals surface area (Å²) < 4.78 is 4.93. The standard InChI is InChI=1S/C5H10Br2O/c1-3-5(6,7)8-4-2/h3-4H2,1-2H3. The van der Waals surface area contributed by atoms with Gasteiger partial charge < -0.3 is 4.74 Å². The highest BCUT2D eigenvalue weighted by Crippen LogP contribution is 2.30. The van der Waals surface area contributed by atoms with E-state index in [1.807, 2.05) is 13.8 Å². The molecule has 0 aromatic rings. The second kappa shape index (κ2) is 3.85. The molecule has 0 aliphatic heterocycles. The number of ether oxygens (including phenoxy) is 1. The highest BCUT2D eigenvalue weighted by atomic mass is 79.9. The molecule has 50 valence electrons. The Hall–Kier alpha value is 0.920. The van der Waals surface area contributed by atoms with Gasteiger partial charge in [-0.1, -0.05) is 6.92 Å². The maximum absolute atomic E-state index is 5.21. The predicted molar refractivity (Wildman–Crippen MR) is 42.5 cm³/mol. The van der Waals surface area contributed by atoms with Crippen LogP contribution in [-0.4, -0.2) is 10.0 Å². The topological polar surface area (TPSA) is 9.23 Å². The van der Waals surface area contributed by atoms with Crippen LogP contribution in [0.15, 0.2) is 0 Å². The summed E-state index contributed by atoms with van der Waals surface area (Å²) in [7, 11) is 0. The van der Waals surface area contributed by atoms with Gasteiger partial charge in [0, 0.05) is 6.61 Å². The number of hydrogen-bond acceptors (Lipinski definition) is 1. The Labute approximate surface area is 67.0 Å². The van der Waals surface area contributed by atoms with E-state index in [1.165, 1.54) is 0 Å². The van der Waals surface area contributed by atoms with Gasteiger partial charge in [-0.3, -0.25) is 0 Å². The van der Waals surface area contributed by atoms with Gasteiger partial charge in [-0.2, -0.15) is 0 Å². The van der Waals surface area contributed by atoms with Crippen molar-refractivity contribution in [1.29, 1.82) is 0 Å². The third-order valence-electron chi connectivity index (χ3n) is 0.767. The van der Waals surface area contributed by atoms with E-state index in [0.29, 0.717) is 0 Å². The molecule has 0 aliphatic rings. The molecule has 0 aromatic heterocycles. The number of alkyl halides is 2. The van der Waals surface area contributed by atoms with Crippen LogP contribution in [-0.2, 0) is 4.74 Å². The van der Waals surface area contributed by atoms with Gasteiger partial charge in [-0.15, -0.1) is 0 Å². The van der Waals surface area contributed by atoms with Gasteiger partial charge in [-0.25, -0.2) is 0 Å². The fourth-order valence-electron chi connectivity index (χ4n) is 0.313. The summed E-state index contributed by atoms with van der Waals surface area (Å²) in [5.74, 6) is 0. The molecule has 0 aliphatic carbocycles. The summed E-state index contributed by atoms with van der Waals surface area (Å²) in [5.41, 5.74) is 0. The summed E-state index contributed by atoms with van der Waals surface area (Å²) in [6, 6.07) is 0. The minimum atomic E-state index is -0.283. The first-order valence-electron chi connectivity index (χ1n) is 2.64. The largest absolute Gasteiger partial charge is 0.354 e. The average Bonchev–Trinajstić information content (AvgIpc) is 1.67. The second-order valence-corrected chi connectivity index (χ2v) is 5.05. The van der Waals surface area contributed by atoms with E-state index in [9.17, 15) is 0 Å². The van der Waals surface area contributed by atoms with Crippen LogP contribution in [0, 0.1) is 0 Å². The van der Waals surface area contributed by atoms with Crippen LogP contribution in [0.5, 0.6) is 0 Å². The smallest absolute Gasteiger partial charge is 0.177 e. The normalized spacial score (nSPS) is 12.0. The zero-order valence-electron chi connectivity index (χ0n) is 5.08. The Balaban J connectivity index is 3.37. The summed E-state index contributed by atoms with van der Waals surface area (Å²) in [5, 5.41) is 0. The van der Waals surface area contributed by atoms with Gasteiger partial charge in [-0.05, 0) is 45.2 Å². The Bertz CT molecular complexity index is 63.4. The quantitative estimate of drug-likeness (QED) is 0.695. The first kappa shape index (κ1) is 8.92. The lowest BCUT2D eigenvalue weighted by molar-refractivity contribution is 0.108. The van der Waals surface area contributed by atoms with Gasteiger partial charge in [0.25, 0.3) is 0 Å². The third-order valence-corrected chi connectivity index (χ3v) is 2.35. The maximum atomic E-state index is 5.21. The van der Waals surface area contributed by atoms with Crippen molar-refractivity contribution in [1.82, 2.24) is 0 Å². The number of hydrogen-bond donors (Lipinski definition) is 0. The molecule has 0 N–H and O–H groups in total. The molecular formula is C5H10Br2O. The monoisotopic (exact) mass is 244 g/mol. The molecule has 3 heteroatoms. The van der Waals surface area contributed by atoms with Crippen LogP contribution in [0.4, 0.5) is 0 Å². The molecule has 0 radical (unpaired) electrons. The molecule has 0 saturated heterocycles. The molecule has 1 nitrogen and oxygen atoms in total. The molecule has 0 saturated carbocycles. The molecule has 0 unspecified atom stereocenters.